The van der Waals surface area contributed by atoms with E-state index in [1.807, 2.05) is 0 Å². The van der Waals surface area contributed by atoms with E-state index < -0.39 is 0 Å². The number of aliphatic hydroxyl groups is 1. The Morgan fingerprint density at radius 3 is 3.08 bits per heavy atom. The van der Waals surface area contributed by atoms with Crippen molar-refractivity contribution in [2.45, 2.75) is 12.5 Å². The first-order chi connectivity index (χ1) is 6.16. The van der Waals surface area contributed by atoms with Gasteiger partial charge in [-0.3, -0.25) is 0 Å². The van der Waals surface area contributed by atoms with Crippen LogP contribution >= 0.6 is 15.9 Å². The number of hydrogen-bond donors (Lipinski definition) is 2. The summed E-state index contributed by atoms with van der Waals surface area (Å²) in [5.74, 6) is -0.275. The lowest BCUT2D eigenvalue weighted by Crippen LogP contribution is -2.27. The lowest BCUT2D eigenvalue weighted by Gasteiger charge is -2.22. The molecule has 1 atom stereocenters. The topological polar surface area (TPSA) is 32.3 Å². The summed E-state index contributed by atoms with van der Waals surface area (Å²) < 4.78 is 13.5. The second-order valence-electron chi connectivity index (χ2n) is 3.16. The predicted molar refractivity (Wildman–Crippen MR) is 52.3 cm³/mol. The fourth-order valence-electron chi connectivity index (χ4n) is 1.48. The van der Waals surface area contributed by atoms with Crippen molar-refractivity contribution in [3.63, 3.8) is 0 Å². The fraction of sp³-hybridized carbons (Fsp3) is 0.333. The molecule has 1 aliphatic heterocycles. The monoisotopic (exact) mass is 245 g/mol. The van der Waals surface area contributed by atoms with Crippen molar-refractivity contribution in [2.24, 2.45) is 0 Å². The first-order valence-electron chi connectivity index (χ1n) is 4.06. The number of nitrogens with one attached hydrogen (secondary N) is 1. The van der Waals surface area contributed by atoms with Crippen molar-refractivity contribution in [3.8, 4) is 0 Å². The second kappa shape index (κ2) is 3.27. The van der Waals surface area contributed by atoms with Crippen molar-refractivity contribution in [1.29, 1.82) is 0 Å². The summed E-state index contributed by atoms with van der Waals surface area (Å²) in [7, 11) is 0. The Labute approximate surface area is 83.9 Å². The summed E-state index contributed by atoms with van der Waals surface area (Å²) >= 11 is 3.11. The molecule has 1 heterocycles. The van der Waals surface area contributed by atoms with Crippen LogP contribution in [0.5, 0.6) is 0 Å². The number of β-amino-alcohol motifs (C(OH)–C–C–N with tert-alkyl or cyclic N) is 1. The number of hydrogen-bond acceptors (Lipinski definition) is 2. The summed E-state index contributed by atoms with van der Waals surface area (Å²) in [5.41, 5.74) is 1.73. The van der Waals surface area contributed by atoms with Crippen molar-refractivity contribution in [2.75, 3.05) is 11.9 Å². The molecule has 0 spiro atoms. The molecule has 2 N–H and O–H groups in total. The SMILES string of the molecule is OC1CNc2cc(F)c(Br)cc2C1. The molecule has 0 saturated heterocycles. The third-order valence-electron chi connectivity index (χ3n) is 2.13. The van der Waals surface area contributed by atoms with Gasteiger partial charge in [-0.15, -0.1) is 0 Å². The van der Waals surface area contributed by atoms with Gasteiger partial charge in [0.25, 0.3) is 0 Å². The lowest BCUT2D eigenvalue weighted by atomic mass is 10.0. The summed E-state index contributed by atoms with van der Waals surface area (Å²) in [6.07, 6.45) is 0.214. The van der Waals surface area contributed by atoms with E-state index in [0.717, 1.165) is 11.3 Å². The van der Waals surface area contributed by atoms with Crippen molar-refractivity contribution < 1.29 is 9.50 Å². The summed E-state index contributed by atoms with van der Waals surface area (Å²) in [5, 5.41) is 12.3. The van der Waals surface area contributed by atoms with Crippen LogP contribution in [0.25, 0.3) is 0 Å². The third-order valence-corrected chi connectivity index (χ3v) is 2.74. The molecule has 0 aromatic heterocycles. The largest absolute Gasteiger partial charge is 0.391 e. The molecule has 2 rings (SSSR count). The van der Waals surface area contributed by atoms with Gasteiger partial charge in [-0.25, -0.2) is 4.39 Å². The van der Waals surface area contributed by atoms with Crippen molar-refractivity contribution >= 4 is 21.6 Å². The Morgan fingerprint density at radius 1 is 1.54 bits per heavy atom. The highest BCUT2D eigenvalue weighted by Gasteiger charge is 2.17. The van der Waals surface area contributed by atoms with E-state index in [-0.39, 0.29) is 11.9 Å². The van der Waals surface area contributed by atoms with Gasteiger partial charge < -0.3 is 10.4 Å². The number of fused-ring (bicyclic) bond motifs is 1. The second-order valence-corrected chi connectivity index (χ2v) is 4.02. The lowest BCUT2D eigenvalue weighted by molar-refractivity contribution is 0.184. The van der Waals surface area contributed by atoms with E-state index in [9.17, 15) is 9.50 Å². The summed E-state index contributed by atoms with van der Waals surface area (Å²) in [6.45, 7) is 0.494. The molecule has 2 nitrogen and oxygen atoms in total. The Hall–Kier alpha value is -0.610. The molecule has 1 unspecified atom stereocenters. The average Bonchev–Trinajstić information content (AvgIpc) is 2.08. The zero-order chi connectivity index (χ0) is 9.42. The third kappa shape index (κ3) is 1.69. The molecule has 1 aliphatic rings. The zero-order valence-corrected chi connectivity index (χ0v) is 8.44. The van der Waals surface area contributed by atoms with E-state index in [4.69, 9.17) is 0 Å². The highest BCUT2D eigenvalue weighted by Crippen LogP contribution is 2.27. The summed E-state index contributed by atoms with van der Waals surface area (Å²) in [4.78, 5) is 0. The van der Waals surface area contributed by atoms with E-state index in [1.54, 1.807) is 6.07 Å². The normalized spacial score (nSPS) is 20.7. The number of rotatable bonds is 0. The molecule has 0 fully saturated rings. The number of benzene rings is 1. The Kier molecular flexibility index (Phi) is 2.26. The highest BCUT2D eigenvalue weighted by atomic mass is 79.9. The van der Waals surface area contributed by atoms with Gasteiger partial charge in [0.15, 0.2) is 0 Å². The van der Waals surface area contributed by atoms with Gasteiger partial charge in [-0.1, -0.05) is 0 Å². The maximum atomic E-state index is 13.1. The van der Waals surface area contributed by atoms with Crippen molar-refractivity contribution in [1.82, 2.24) is 0 Å². The quantitative estimate of drug-likeness (QED) is 0.732. The Balaban J connectivity index is 2.43. The van der Waals surface area contributed by atoms with Gasteiger partial charge in [-0.2, -0.15) is 0 Å². The van der Waals surface area contributed by atoms with E-state index in [2.05, 4.69) is 21.2 Å². The highest BCUT2D eigenvalue weighted by molar-refractivity contribution is 9.10. The molecule has 0 bridgehead atoms. The van der Waals surface area contributed by atoms with Crippen molar-refractivity contribution in [3.05, 3.63) is 28.0 Å². The van der Waals surface area contributed by atoms with E-state index in [1.165, 1.54) is 6.07 Å². The van der Waals surface area contributed by atoms with Crippen LogP contribution in [0.1, 0.15) is 5.56 Å². The maximum absolute atomic E-state index is 13.1. The minimum Gasteiger partial charge on any atom is -0.391 e. The molecule has 0 amide bonds. The molecule has 4 heteroatoms. The van der Waals surface area contributed by atoms with Crippen LogP contribution < -0.4 is 5.32 Å². The number of anilines is 1. The molecule has 1 aromatic carbocycles. The van der Waals surface area contributed by atoms with E-state index in [0.29, 0.717) is 17.4 Å². The Bertz CT molecular complexity index is 343. The molecule has 0 aliphatic carbocycles. The maximum Gasteiger partial charge on any atom is 0.139 e. The van der Waals surface area contributed by atoms with Gasteiger partial charge in [0, 0.05) is 18.7 Å². The zero-order valence-electron chi connectivity index (χ0n) is 6.85. The van der Waals surface area contributed by atoms with Gasteiger partial charge in [-0.05, 0) is 33.6 Å². The molecule has 70 valence electrons. The number of aliphatic hydroxyl groups excluding tert-OH is 1. The molecule has 13 heavy (non-hydrogen) atoms. The van der Waals surface area contributed by atoms with Gasteiger partial charge in [0.1, 0.15) is 5.82 Å². The van der Waals surface area contributed by atoms with Crippen LogP contribution in [0.3, 0.4) is 0 Å². The molecule has 1 aromatic rings. The van der Waals surface area contributed by atoms with Gasteiger partial charge in [0.05, 0.1) is 10.6 Å². The van der Waals surface area contributed by atoms with Gasteiger partial charge >= 0.3 is 0 Å². The predicted octanol–water partition coefficient (Wildman–Crippen LogP) is 1.92. The fourth-order valence-corrected chi connectivity index (χ4v) is 1.87. The van der Waals surface area contributed by atoms with Crippen LogP contribution in [0.2, 0.25) is 0 Å². The average molecular weight is 246 g/mol. The summed E-state index contributed by atoms with van der Waals surface area (Å²) in [6, 6.07) is 3.16. The molecule has 0 radical (unpaired) electrons. The van der Waals surface area contributed by atoms with Crippen LogP contribution in [0.15, 0.2) is 16.6 Å². The van der Waals surface area contributed by atoms with Crippen LogP contribution in [-0.2, 0) is 6.42 Å². The minimum atomic E-state index is -0.370. The smallest absolute Gasteiger partial charge is 0.139 e. The molecule has 0 saturated carbocycles. The molecular weight excluding hydrogens is 237 g/mol. The van der Waals surface area contributed by atoms with Crippen LogP contribution in [-0.4, -0.2) is 17.8 Å². The standard InChI is InChI=1S/C9H9BrFNO/c10-7-2-5-1-6(13)4-12-9(5)3-8(7)11/h2-3,6,12-13H,1,4H2. The first kappa shape index (κ1) is 8.97. The Morgan fingerprint density at radius 2 is 2.31 bits per heavy atom. The first-order valence-corrected chi connectivity index (χ1v) is 4.86. The van der Waals surface area contributed by atoms with E-state index >= 15 is 0 Å². The minimum absolute atomic E-state index is 0.275. The van der Waals surface area contributed by atoms with Crippen LogP contribution in [0, 0.1) is 5.82 Å². The van der Waals surface area contributed by atoms with Gasteiger partial charge in [0.2, 0.25) is 0 Å². The van der Waals surface area contributed by atoms with Crippen LogP contribution in [0.4, 0.5) is 10.1 Å². The number of halogens is 2. The molecular formula is C9H9BrFNO.